The zero-order valence-electron chi connectivity index (χ0n) is 22.9. The molecule has 0 spiro atoms. The van der Waals surface area contributed by atoms with E-state index in [1.165, 1.54) is 7.11 Å². The number of benzene rings is 2. The Morgan fingerprint density at radius 1 is 1.03 bits per heavy atom. The normalized spacial score (nSPS) is 20.1. The van der Waals surface area contributed by atoms with Crippen LogP contribution < -0.4 is 15.4 Å². The predicted molar refractivity (Wildman–Crippen MR) is 144 cm³/mol. The Hall–Kier alpha value is -4.07. The molecule has 0 aromatic heterocycles. The lowest BCUT2D eigenvalue weighted by atomic mass is 9.77. The number of cyclic esters (lactones) is 1. The van der Waals surface area contributed by atoms with Crippen LogP contribution in [0, 0.1) is 20.8 Å². The van der Waals surface area contributed by atoms with Gasteiger partial charge in [-0.15, -0.1) is 0 Å². The van der Waals surface area contributed by atoms with E-state index in [4.69, 9.17) is 14.2 Å². The first-order valence-electron chi connectivity index (χ1n) is 12.8. The number of rotatable bonds is 3. The number of allylic oxidation sites excluding steroid dienone is 1. The van der Waals surface area contributed by atoms with E-state index in [1.807, 2.05) is 34.6 Å². The fourth-order valence-electron chi connectivity index (χ4n) is 5.64. The van der Waals surface area contributed by atoms with Gasteiger partial charge >= 0.3 is 11.9 Å². The fraction of sp³-hybridized carbons (Fsp3) is 0.367. The highest BCUT2D eigenvalue weighted by molar-refractivity contribution is 6.02. The number of dihydropyridines is 1. The minimum atomic E-state index is -0.785. The fourth-order valence-corrected chi connectivity index (χ4v) is 5.64. The van der Waals surface area contributed by atoms with Crippen LogP contribution in [-0.4, -0.2) is 31.6 Å². The topological polar surface area (TPSA) is 103 Å². The third-order valence-corrected chi connectivity index (χ3v) is 6.95. The zero-order chi connectivity index (χ0) is 27.7. The van der Waals surface area contributed by atoms with Crippen LogP contribution >= 0.6 is 0 Å². The molecule has 2 N–H and O–H groups in total. The molecule has 2 aromatic carbocycles. The van der Waals surface area contributed by atoms with Crippen molar-refractivity contribution in [2.24, 2.45) is 0 Å². The molecule has 8 nitrogen and oxygen atoms in total. The Kier molecular flexibility index (Phi) is 7.62. The first kappa shape index (κ1) is 27.0. The number of esters is 2. The average Bonchev–Trinajstić information content (AvgIpc) is 2.87. The van der Waals surface area contributed by atoms with Gasteiger partial charge < -0.3 is 24.8 Å². The summed E-state index contributed by atoms with van der Waals surface area (Å²) in [6, 6.07) is 9.43. The van der Waals surface area contributed by atoms with Gasteiger partial charge in [0.15, 0.2) is 6.61 Å². The van der Waals surface area contributed by atoms with Crippen molar-refractivity contribution < 1.29 is 28.6 Å². The molecular formula is C30H34N2O6. The van der Waals surface area contributed by atoms with E-state index < -0.39 is 24.0 Å². The van der Waals surface area contributed by atoms with Gasteiger partial charge in [0.05, 0.1) is 29.9 Å². The Bertz CT molecular complexity index is 1360. The van der Waals surface area contributed by atoms with E-state index in [2.05, 4.69) is 22.8 Å². The molecule has 3 aliphatic rings. The molecule has 3 heterocycles. The van der Waals surface area contributed by atoms with Crippen LogP contribution in [0.3, 0.4) is 0 Å². The quantitative estimate of drug-likeness (QED) is 0.549. The summed E-state index contributed by atoms with van der Waals surface area (Å²) in [5, 5.41) is 6.09. The number of carbonyl (C=O) groups is 3. The van der Waals surface area contributed by atoms with Crippen LogP contribution in [0.4, 0.5) is 5.69 Å². The summed E-state index contributed by atoms with van der Waals surface area (Å²) in [6.07, 6.45) is -0.0292. The van der Waals surface area contributed by atoms with Gasteiger partial charge in [0, 0.05) is 23.4 Å². The second kappa shape index (κ2) is 10.7. The van der Waals surface area contributed by atoms with Crippen LogP contribution in [0.25, 0.3) is 0 Å². The Labute approximate surface area is 223 Å². The number of ether oxygens (including phenoxy) is 3. The molecule has 2 atom stereocenters. The lowest BCUT2D eigenvalue weighted by Gasteiger charge is -2.37. The molecule has 0 bridgehead atoms. The second-order valence-electron chi connectivity index (χ2n) is 9.45. The zero-order valence-corrected chi connectivity index (χ0v) is 22.9. The summed E-state index contributed by atoms with van der Waals surface area (Å²) in [5.74, 6) is -1.70. The highest BCUT2D eigenvalue weighted by Gasteiger charge is 2.44. The minimum absolute atomic E-state index is 0.157. The SMILES string of the molecule is CC.COC(=O)C1=C(C)NC2=C(C(=O)OC(c3c(C)cc(C)cc3C)C2)C1c1cccc2c1OCC(=O)N2. The van der Waals surface area contributed by atoms with Crippen LogP contribution in [0.2, 0.25) is 0 Å². The van der Waals surface area contributed by atoms with Gasteiger partial charge in [0.25, 0.3) is 5.91 Å². The lowest BCUT2D eigenvalue weighted by Crippen LogP contribution is -2.37. The van der Waals surface area contributed by atoms with Crippen molar-refractivity contribution in [2.45, 2.75) is 60.0 Å². The maximum Gasteiger partial charge on any atom is 0.337 e. The highest BCUT2D eigenvalue weighted by Crippen LogP contribution is 2.49. The number of nitrogens with one attached hydrogen (secondary N) is 2. The number of anilines is 1. The van der Waals surface area contributed by atoms with E-state index >= 15 is 0 Å². The number of aryl methyl sites for hydroxylation is 3. The third kappa shape index (κ3) is 4.66. The molecule has 0 fully saturated rings. The molecule has 0 saturated carbocycles. The molecule has 0 saturated heterocycles. The summed E-state index contributed by atoms with van der Waals surface area (Å²) in [4.78, 5) is 38.5. The molecular weight excluding hydrogens is 484 g/mol. The molecule has 3 aliphatic heterocycles. The number of amides is 1. The number of fused-ring (bicyclic) bond motifs is 1. The molecule has 38 heavy (non-hydrogen) atoms. The number of carbonyl (C=O) groups excluding carboxylic acids is 3. The van der Waals surface area contributed by atoms with Crippen LogP contribution in [0.5, 0.6) is 5.75 Å². The van der Waals surface area contributed by atoms with E-state index in [0.29, 0.717) is 46.0 Å². The van der Waals surface area contributed by atoms with Crippen LogP contribution in [-0.2, 0) is 23.9 Å². The first-order chi connectivity index (χ1) is 18.2. The summed E-state index contributed by atoms with van der Waals surface area (Å²) in [6.45, 7) is 11.7. The third-order valence-electron chi connectivity index (χ3n) is 6.95. The number of hydrogen-bond acceptors (Lipinski definition) is 7. The van der Waals surface area contributed by atoms with Crippen molar-refractivity contribution in [3.05, 3.63) is 80.7 Å². The molecule has 5 rings (SSSR count). The highest BCUT2D eigenvalue weighted by atomic mass is 16.5. The summed E-state index contributed by atoms with van der Waals surface area (Å²) < 4.78 is 16.9. The van der Waals surface area contributed by atoms with Gasteiger partial charge in [0.1, 0.15) is 11.9 Å². The Balaban J connectivity index is 0.00000164. The monoisotopic (exact) mass is 518 g/mol. The van der Waals surface area contributed by atoms with E-state index in [9.17, 15) is 14.4 Å². The van der Waals surface area contributed by atoms with Crippen molar-refractivity contribution in [1.82, 2.24) is 5.32 Å². The van der Waals surface area contributed by atoms with Crippen molar-refractivity contribution in [2.75, 3.05) is 19.0 Å². The number of hydrogen-bond donors (Lipinski definition) is 2. The largest absolute Gasteiger partial charge is 0.481 e. The first-order valence-corrected chi connectivity index (χ1v) is 12.8. The molecule has 8 heteroatoms. The minimum Gasteiger partial charge on any atom is -0.481 e. The van der Waals surface area contributed by atoms with E-state index in [0.717, 1.165) is 22.3 Å². The lowest BCUT2D eigenvalue weighted by molar-refractivity contribution is -0.147. The van der Waals surface area contributed by atoms with E-state index in [-0.39, 0.29) is 12.5 Å². The molecule has 0 radical (unpaired) electrons. The van der Waals surface area contributed by atoms with Gasteiger partial charge in [-0.05, 0) is 50.5 Å². The Morgan fingerprint density at radius 3 is 2.37 bits per heavy atom. The Morgan fingerprint density at radius 2 is 1.71 bits per heavy atom. The molecule has 200 valence electrons. The van der Waals surface area contributed by atoms with Crippen molar-refractivity contribution >= 4 is 23.5 Å². The van der Waals surface area contributed by atoms with Crippen molar-refractivity contribution in [1.29, 1.82) is 0 Å². The van der Waals surface area contributed by atoms with Gasteiger partial charge in [-0.25, -0.2) is 9.59 Å². The van der Waals surface area contributed by atoms with Crippen molar-refractivity contribution in [3.63, 3.8) is 0 Å². The number of methoxy groups -OCH3 is 1. The maximum absolute atomic E-state index is 13.7. The molecule has 2 unspecified atom stereocenters. The average molecular weight is 519 g/mol. The molecule has 0 aliphatic carbocycles. The van der Waals surface area contributed by atoms with Crippen LogP contribution in [0.1, 0.15) is 67.0 Å². The predicted octanol–water partition coefficient (Wildman–Crippen LogP) is 5.05. The molecule has 1 amide bonds. The van der Waals surface area contributed by atoms with Gasteiger partial charge in [-0.1, -0.05) is 43.7 Å². The van der Waals surface area contributed by atoms with Gasteiger partial charge in [-0.3, -0.25) is 4.79 Å². The van der Waals surface area contributed by atoms with Gasteiger partial charge in [0.2, 0.25) is 0 Å². The standard InChI is InChI=1S/C28H28N2O6.C2H6/c1-13-9-14(2)22(15(3)10-13)20-11-19-25(28(33)36-20)24(23(16(4)29-19)27(32)34-5)17-7-6-8-18-26(17)35-12-21(31)30-18;1-2/h6-10,20,24,29H,11-12H2,1-5H3,(H,30,31);1-2H3. The molecule has 2 aromatic rings. The van der Waals surface area contributed by atoms with E-state index in [1.54, 1.807) is 25.1 Å². The number of para-hydroxylation sites is 1. The maximum atomic E-state index is 13.7. The summed E-state index contributed by atoms with van der Waals surface area (Å²) in [7, 11) is 1.30. The van der Waals surface area contributed by atoms with Crippen molar-refractivity contribution in [3.8, 4) is 5.75 Å². The second-order valence-corrected chi connectivity index (χ2v) is 9.45. The van der Waals surface area contributed by atoms with Crippen LogP contribution in [0.15, 0.2) is 52.9 Å². The smallest absolute Gasteiger partial charge is 0.337 e. The van der Waals surface area contributed by atoms with Gasteiger partial charge in [-0.2, -0.15) is 0 Å². The summed E-state index contributed by atoms with van der Waals surface area (Å²) >= 11 is 0. The summed E-state index contributed by atoms with van der Waals surface area (Å²) in [5.41, 5.74) is 7.25.